The van der Waals surface area contributed by atoms with E-state index >= 15 is 0 Å². The highest BCUT2D eigenvalue weighted by Crippen LogP contribution is 2.40. The first-order valence-electron chi connectivity index (χ1n) is 8.30. The third kappa shape index (κ3) is 4.04. The molecule has 26 heavy (non-hydrogen) atoms. The number of rotatable bonds is 6. The lowest BCUT2D eigenvalue weighted by atomic mass is 9.82. The topological polar surface area (TPSA) is 87.9 Å². The van der Waals surface area contributed by atoms with Crippen molar-refractivity contribution in [2.75, 3.05) is 19.5 Å². The Balaban J connectivity index is 2.60. The van der Waals surface area contributed by atoms with Gasteiger partial charge in [0.2, 0.25) is 5.88 Å². The van der Waals surface area contributed by atoms with Crippen molar-refractivity contribution in [3.8, 4) is 0 Å². The van der Waals surface area contributed by atoms with Gasteiger partial charge in [-0.15, -0.1) is 11.8 Å². The number of ether oxygens (including phenoxy) is 3. The first-order valence-corrected chi connectivity index (χ1v) is 9.53. The maximum absolute atomic E-state index is 12.6. The summed E-state index contributed by atoms with van der Waals surface area (Å²) in [6.45, 7) is 5.45. The molecule has 0 saturated heterocycles. The van der Waals surface area contributed by atoms with Crippen LogP contribution in [-0.4, -0.2) is 31.4 Å². The van der Waals surface area contributed by atoms with Crippen LogP contribution < -0.4 is 5.73 Å². The molecule has 0 fully saturated rings. The second-order valence-corrected chi connectivity index (χ2v) is 6.38. The van der Waals surface area contributed by atoms with Gasteiger partial charge in [-0.25, -0.2) is 9.59 Å². The van der Waals surface area contributed by atoms with Gasteiger partial charge in [0.25, 0.3) is 0 Å². The minimum absolute atomic E-state index is 0.0621. The Morgan fingerprint density at radius 1 is 1.08 bits per heavy atom. The summed E-state index contributed by atoms with van der Waals surface area (Å²) in [5, 5.41) is 0. The molecule has 0 bridgehead atoms. The molecule has 1 heterocycles. The Morgan fingerprint density at radius 2 is 1.62 bits per heavy atom. The lowest BCUT2D eigenvalue weighted by Gasteiger charge is -2.28. The number of hydrogen-bond acceptors (Lipinski definition) is 7. The normalized spacial score (nSPS) is 17.0. The van der Waals surface area contributed by atoms with Crippen molar-refractivity contribution in [1.29, 1.82) is 0 Å². The van der Waals surface area contributed by atoms with Gasteiger partial charge in [0.15, 0.2) is 0 Å². The molecule has 6 nitrogen and oxygen atoms in total. The molecule has 0 aliphatic carbocycles. The standard InChI is InChI=1S/C19H23NO5S/c1-5-23-18(21)14-11(3)25-17(20)16(19(22)24-6-2)15(14)12-7-9-13(26-4)10-8-12/h7-10,15H,5-6,20H2,1-4H3/t15-/m0/s1. The van der Waals surface area contributed by atoms with Crippen molar-refractivity contribution in [1.82, 2.24) is 0 Å². The van der Waals surface area contributed by atoms with Crippen molar-refractivity contribution >= 4 is 23.7 Å². The number of allylic oxidation sites excluding steroid dienone is 1. The molecule has 0 radical (unpaired) electrons. The van der Waals surface area contributed by atoms with Crippen LogP contribution in [0.15, 0.2) is 51.9 Å². The van der Waals surface area contributed by atoms with Gasteiger partial charge in [-0.3, -0.25) is 0 Å². The number of esters is 2. The average Bonchev–Trinajstić information content (AvgIpc) is 2.61. The Hall–Kier alpha value is -2.41. The Labute approximate surface area is 157 Å². The molecule has 0 saturated carbocycles. The SMILES string of the molecule is CCOC(=O)C1=C(C)OC(N)=C(C(=O)OCC)[C@H]1c1ccc(SC)cc1. The molecular weight excluding hydrogens is 354 g/mol. The van der Waals surface area contributed by atoms with Crippen LogP contribution in [0.2, 0.25) is 0 Å². The van der Waals surface area contributed by atoms with E-state index in [0.717, 1.165) is 10.5 Å². The van der Waals surface area contributed by atoms with Gasteiger partial charge in [0, 0.05) is 4.90 Å². The summed E-state index contributed by atoms with van der Waals surface area (Å²) in [5.74, 6) is -1.62. The van der Waals surface area contributed by atoms with E-state index in [0.29, 0.717) is 5.76 Å². The lowest BCUT2D eigenvalue weighted by molar-refractivity contribution is -0.140. The smallest absolute Gasteiger partial charge is 0.340 e. The zero-order chi connectivity index (χ0) is 19.3. The van der Waals surface area contributed by atoms with Crippen LogP contribution in [0.4, 0.5) is 0 Å². The van der Waals surface area contributed by atoms with E-state index in [4.69, 9.17) is 19.9 Å². The van der Waals surface area contributed by atoms with Crippen LogP contribution in [0, 0.1) is 0 Å². The third-order valence-electron chi connectivity index (χ3n) is 3.92. The van der Waals surface area contributed by atoms with Gasteiger partial charge in [0.05, 0.1) is 24.7 Å². The van der Waals surface area contributed by atoms with Gasteiger partial charge >= 0.3 is 11.9 Å². The molecule has 7 heteroatoms. The Kier molecular flexibility index (Phi) is 6.74. The first-order chi connectivity index (χ1) is 12.4. The maximum atomic E-state index is 12.6. The van der Waals surface area contributed by atoms with Crippen LogP contribution in [0.3, 0.4) is 0 Å². The van der Waals surface area contributed by atoms with E-state index < -0.39 is 17.9 Å². The number of nitrogens with two attached hydrogens (primary N) is 1. The highest BCUT2D eigenvalue weighted by atomic mass is 32.2. The molecule has 1 aliphatic heterocycles. The predicted octanol–water partition coefficient (Wildman–Crippen LogP) is 3.09. The molecule has 0 spiro atoms. The van der Waals surface area contributed by atoms with Gasteiger partial charge in [0.1, 0.15) is 11.3 Å². The average molecular weight is 377 g/mol. The van der Waals surface area contributed by atoms with Gasteiger partial charge in [-0.2, -0.15) is 0 Å². The van der Waals surface area contributed by atoms with E-state index in [-0.39, 0.29) is 30.2 Å². The maximum Gasteiger partial charge on any atom is 0.340 e. The fourth-order valence-electron chi connectivity index (χ4n) is 2.79. The summed E-state index contributed by atoms with van der Waals surface area (Å²) in [5.41, 5.74) is 7.08. The summed E-state index contributed by atoms with van der Waals surface area (Å²) in [4.78, 5) is 26.2. The molecule has 0 amide bonds. The van der Waals surface area contributed by atoms with E-state index in [9.17, 15) is 9.59 Å². The molecule has 1 atom stereocenters. The van der Waals surface area contributed by atoms with Crippen molar-refractivity contribution in [2.45, 2.75) is 31.6 Å². The van der Waals surface area contributed by atoms with E-state index in [1.807, 2.05) is 30.5 Å². The van der Waals surface area contributed by atoms with Gasteiger partial charge in [-0.1, -0.05) is 12.1 Å². The van der Waals surface area contributed by atoms with Crippen LogP contribution in [0.25, 0.3) is 0 Å². The van der Waals surface area contributed by atoms with Crippen molar-refractivity contribution in [3.63, 3.8) is 0 Å². The fraction of sp³-hybridized carbons (Fsp3) is 0.368. The second-order valence-electron chi connectivity index (χ2n) is 5.50. The van der Waals surface area contributed by atoms with Crippen molar-refractivity contribution < 1.29 is 23.8 Å². The molecule has 1 aromatic carbocycles. The van der Waals surface area contributed by atoms with Crippen LogP contribution in [0.1, 0.15) is 32.3 Å². The molecule has 0 aromatic heterocycles. The Bertz CT molecular complexity index is 712. The largest absolute Gasteiger partial charge is 0.463 e. The monoisotopic (exact) mass is 377 g/mol. The number of thioether (sulfide) groups is 1. The van der Waals surface area contributed by atoms with Crippen LogP contribution >= 0.6 is 11.8 Å². The molecule has 2 rings (SSSR count). The van der Waals surface area contributed by atoms with E-state index in [2.05, 4.69) is 0 Å². The molecule has 0 unspecified atom stereocenters. The van der Waals surface area contributed by atoms with Crippen LogP contribution in [-0.2, 0) is 23.8 Å². The van der Waals surface area contributed by atoms with E-state index in [1.165, 1.54) is 0 Å². The van der Waals surface area contributed by atoms with Gasteiger partial charge < -0.3 is 19.9 Å². The summed E-state index contributed by atoms with van der Waals surface area (Å²) in [7, 11) is 0. The summed E-state index contributed by atoms with van der Waals surface area (Å²) < 4.78 is 15.8. The summed E-state index contributed by atoms with van der Waals surface area (Å²) in [6, 6.07) is 7.57. The first kappa shape index (κ1) is 19.9. The third-order valence-corrected chi connectivity index (χ3v) is 4.67. The minimum atomic E-state index is -0.710. The number of benzene rings is 1. The van der Waals surface area contributed by atoms with Crippen molar-refractivity contribution in [3.05, 3.63) is 52.6 Å². The van der Waals surface area contributed by atoms with Gasteiger partial charge in [-0.05, 0) is 44.7 Å². The highest BCUT2D eigenvalue weighted by Gasteiger charge is 2.39. The molecular formula is C19H23NO5S. The number of hydrogen-bond donors (Lipinski definition) is 1. The minimum Gasteiger partial charge on any atom is -0.463 e. The predicted molar refractivity (Wildman–Crippen MR) is 99.2 cm³/mol. The summed E-state index contributed by atoms with van der Waals surface area (Å²) in [6.07, 6.45) is 1.97. The molecule has 2 N–H and O–H groups in total. The number of carbonyl (C=O) groups is 2. The summed E-state index contributed by atoms with van der Waals surface area (Å²) >= 11 is 1.60. The van der Waals surface area contributed by atoms with E-state index in [1.54, 1.807) is 32.5 Å². The zero-order valence-electron chi connectivity index (χ0n) is 15.3. The fourth-order valence-corrected chi connectivity index (χ4v) is 3.20. The van der Waals surface area contributed by atoms with Crippen molar-refractivity contribution in [2.24, 2.45) is 5.73 Å². The highest BCUT2D eigenvalue weighted by molar-refractivity contribution is 7.98. The quantitative estimate of drug-likeness (QED) is 0.602. The zero-order valence-corrected chi connectivity index (χ0v) is 16.1. The lowest BCUT2D eigenvalue weighted by Crippen LogP contribution is -2.30. The number of carbonyl (C=O) groups excluding carboxylic acids is 2. The molecule has 1 aliphatic rings. The molecule has 1 aromatic rings. The second kappa shape index (κ2) is 8.80. The molecule has 140 valence electrons. The van der Waals surface area contributed by atoms with Crippen LogP contribution in [0.5, 0.6) is 0 Å². The Morgan fingerprint density at radius 3 is 2.12 bits per heavy atom.